The van der Waals surface area contributed by atoms with Crippen molar-refractivity contribution < 1.29 is 28.3 Å². The van der Waals surface area contributed by atoms with Crippen LogP contribution in [0.2, 0.25) is 0 Å². The third-order valence-corrected chi connectivity index (χ3v) is 5.17. The topological polar surface area (TPSA) is 108 Å². The highest BCUT2D eigenvalue weighted by Crippen LogP contribution is 2.28. The molecule has 4 rings (SSSR count). The molecular weight excluding hydrogens is 436 g/mol. The Bertz CT molecular complexity index is 1330. The first kappa shape index (κ1) is 22.7. The van der Waals surface area contributed by atoms with Crippen LogP contribution in [0.4, 0.5) is 5.69 Å². The van der Waals surface area contributed by atoms with Crippen LogP contribution in [0.5, 0.6) is 0 Å². The van der Waals surface area contributed by atoms with Gasteiger partial charge in [-0.3, -0.25) is 4.79 Å². The molecule has 1 amide bonds. The van der Waals surface area contributed by atoms with Gasteiger partial charge in [-0.05, 0) is 42.8 Å². The molecule has 0 bridgehead atoms. The summed E-state index contributed by atoms with van der Waals surface area (Å²) in [7, 11) is 1.26. The quantitative estimate of drug-likeness (QED) is 0.394. The maximum Gasteiger partial charge on any atom is 0.339 e. The summed E-state index contributed by atoms with van der Waals surface area (Å²) in [4.78, 5) is 42.4. The zero-order valence-electron chi connectivity index (χ0n) is 18.6. The molecule has 1 atom stereocenters. The lowest BCUT2D eigenvalue weighted by atomic mass is 10.1. The predicted molar refractivity (Wildman–Crippen MR) is 125 cm³/mol. The van der Waals surface area contributed by atoms with E-state index in [2.05, 4.69) is 10.3 Å². The number of carbonyl (C=O) groups excluding carboxylic acids is 3. The van der Waals surface area contributed by atoms with E-state index < -0.39 is 23.9 Å². The lowest BCUT2D eigenvalue weighted by Gasteiger charge is -2.17. The van der Waals surface area contributed by atoms with Crippen molar-refractivity contribution in [2.24, 2.45) is 0 Å². The summed E-state index contributed by atoms with van der Waals surface area (Å²) >= 11 is 0. The highest BCUT2D eigenvalue weighted by molar-refractivity contribution is 6.04. The molecule has 0 saturated carbocycles. The first-order chi connectivity index (χ1) is 16.5. The predicted octanol–water partition coefficient (Wildman–Crippen LogP) is 4.86. The molecule has 1 aromatic heterocycles. The molecule has 0 spiro atoms. The Morgan fingerprint density at radius 2 is 1.59 bits per heavy atom. The Hall–Kier alpha value is -4.46. The molecule has 3 aromatic carbocycles. The number of para-hydroxylation sites is 3. The van der Waals surface area contributed by atoms with Crippen molar-refractivity contribution in [3.05, 3.63) is 83.9 Å². The standard InChI is InChI=1S/C26H22N2O6/c1-3-21(23(29)27-19-13-7-6-12-18(19)25(30)32-2)34-26(31)17-11-5-4-10-16(17)24-28-20-14-8-9-15-22(20)33-24/h4-15,21H,3H2,1-2H3,(H,27,29). The minimum absolute atomic E-state index is 0.195. The van der Waals surface area contributed by atoms with Crippen molar-refractivity contribution in [3.63, 3.8) is 0 Å². The Kier molecular flexibility index (Phi) is 6.68. The lowest BCUT2D eigenvalue weighted by molar-refractivity contribution is -0.124. The van der Waals surface area contributed by atoms with E-state index in [0.29, 0.717) is 16.7 Å². The van der Waals surface area contributed by atoms with Crippen LogP contribution in [0, 0.1) is 0 Å². The third kappa shape index (κ3) is 4.66. The number of amides is 1. The first-order valence-corrected chi connectivity index (χ1v) is 10.7. The third-order valence-electron chi connectivity index (χ3n) is 5.17. The summed E-state index contributed by atoms with van der Waals surface area (Å²) < 4.78 is 16.1. The van der Waals surface area contributed by atoms with Crippen molar-refractivity contribution in [2.75, 3.05) is 12.4 Å². The van der Waals surface area contributed by atoms with Crippen LogP contribution in [0.3, 0.4) is 0 Å². The van der Waals surface area contributed by atoms with Gasteiger partial charge in [0, 0.05) is 0 Å². The Balaban J connectivity index is 1.55. The van der Waals surface area contributed by atoms with Crippen molar-refractivity contribution in [1.29, 1.82) is 0 Å². The number of fused-ring (bicyclic) bond motifs is 1. The molecule has 0 radical (unpaired) electrons. The highest BCUT2D eigenvalue weighted by Gasteiger charge is 2.26. The fourth-order valence-corrected chi connectivity index (χ4v) is 3.44. The van der Waals surface area contributed by atoms with Gasteiger partial charge in [-0.25, -0.2) is 14.6 Å². The number of ether oxygens (including phenoxy) is 2. The van der Waals surface area contributed by atoms with Crippen LogP contribution in [0.25, 0.3) is 22.6 Å². The number of carbonyl (C=O) groups is 3. The van der Waals surface area contributed by atoms with Gasteiger partial charge in [0.05, 0.1) is 29.5 Å². The number of nitrogens with zero attached hydrogens (tertiary/aromatic N) is 1. The zero-order chi connectivity index (χ0) is 24.1. The van der Waals surface area contributed by atoms with Crippen LogP contribution in [0.1, 0.15) is 34.1 Å². The van der Waals surface area contributed by atoms with Crippen LogP contribution in [0.15, 0.2) is 77.2 Å². The Morgan fingerprint density at radius 1 is 0.912 bits per heavy atom. The first-order valence-electron chi connectivity index (χ1n) is 10.7. The van der Waals surface area contributed by atoms with Crippen LogP contribution < -0.4 is 5.32 Å². The molecule has 0 aliphatic rings. The van der Waals surface area contributed by atoms with Gasteiger partial charge in [0.25, 0.3) is 5.91 Å². The van der Waals surface area contributed by atoms with Crippen LogP contribution in [-0.2, 0) is 14.3 Å². The van der Waals surface area contributed by atoms with E-state index in [4.69, 9.17) is 13.9 Å². The van der Waals surface area contributed by atoms with E-state index >= 15 is 0 Å². The Morgan fingerprint density at radius 3 is 2.32 bits per heavy atom. The summed E-state index contributed by atoms with van der Waals surface area (Å²) in [5.74, 6) is -1.57. The molecule has 0 aliphatic carbocycles. The van der Waals surface area contributed by atoms with E-state index in [-0.39, 0.29) is 29.1 Å². The van der Waals surface area contributed by atoms with E-state index in [9.17, 15) is 14.4 Å². The summed E-state index contributed by atoms with van der Waals surface area (Å²) in [6.45, 7) is 1.72. The minimum Gasteiger partial charge on any atom is -0.465 e. The van der Waals surface area contributed by atoms with Gasteiger partial charge in [0.2, 0.25) is 5.89 Å². The molecule has 8 nitrogen and oxygen atoms in total. The van der Waals surface area contributed by atoms with Gasteiger partial charge in [-0.1, -0.05) is 43.3 Å². The van der Waals surface area contributed by atoms with E-state index in [0.717, 1.165) is 0 Å². The fraction of sp³-hybridized carbons (Fsp3) is 0.154. The smallest absolute Gasteiger partial charge is 0.339 e. The van der Waals surface area contributed by atoms with Crippen LogP contribution >= 0.6 is 0 Å². The van der Waals surface area contributed by atoms with E-state index in [1.807, 2.05) is 18.2 Å². The number of aromatic nitrogens is 1. The molecule has 4 aromatic rings. The number of hydrogen-bond donors (Lipinski definition) is 1. The summed E-state index contributed by atoms with van der Waals surface area (Å²) in [6.07, 6.45) is -0.863. The highest BCUT2D eigenvalue weighted by atomic mass is 16.5. The largest absolute Gasteiger partial charge is 0.465 e. The van der Waals surface area contributed by atoms with Gasteiger partial charge < -0.3 is 19.2 Å². The monoisotopic (exact) mass is 458 g/mol. The number of oxazole rings is 1. The molecule has 34 heavy (non-hydrogen) atoms. The van der Waals surface area contributed by atoms with Crippen molar-refractivity contribution in [2.45, 2.75) is 19.4 Å². The fourth-order valence-electron chi connectivity index (χ4n) is 3.44. The molecule has 0 saturated heterocycles. The van der Waals surface area contributed by atoms with E-state index in [1.54, 1.807) is 55.5 Å². The second kappa shape index (κ2) is 9.99. The number of rotatable bonds is 7. The van der Waals surface area contributed by atoms with Crippen molar-refractivity contribution in [3.8, 4) is 11.5 Å². The molecule has 0 aliphatic heterocycles. The number of esters is 2. The maximum absolute atomic E-state index is 13.1. The zero-order valence-corrected chi connectivity index (χ0v) is 18.6. The lowest BCUT2D eigenvalue weighted by Crippen LogP contribution is -2.32. The molecule has 8 heteroatoms. The number of nitrogens with one attached hydrogen (secondary N) is 1. The second-order valence-corrected chi connectivity index (χ2v) is 7.36. The molecular formula is C26H22N2O6. The Labute approximate surface area is 195 Å². The number of hydrogen-bond acceptors (Lipinski definition) is 7. The number of anilines is 1. The molecule has 1 unspecified atom stereocenters. The normalized spacial score (nSPS) is 11.6. The minimum atomic E-state index is -1.09. The molecule has 172 valence electrons. The molecule has 1 N–H and O–H groups in total. The SMILES string of the molecule is CCC(OC(=O)c1ccccc1-c1nc2ccccc2o1)C(=O)Nc1ccccc1C(=O)OC. The van der Waals surface area contributed by atoms with Gasteiger partial charge in [-0.15, -0.1) is 0 Å². The molecule has 1 heterocycles. The maximum atomic E-state index is 13.1. The summed E-state index contributed by atoms with van der Waals surface area (Å²) in [5, 5.41) is 2.65. The summed E-state index contributed by atoms with van der Waals surface area (Å²) in [6, 6.07) is 20.4. The second-order valence-electron chi connectivity index (χ2n) is 7.36. The summed E-state index contributed by atoms with van der Waals surface area (Å²) in [5.41, 5.74) is 2.39. The van der Waals surface area contributed by atoms with Gasteiger partial charge >= 0.3 is 11.9 Å². The number of benzene rings is 3. The van der Waals surface area contributed by atoms with Crippen molar-refractivity contribution >= 4 is 34.6 Å². The van der Waals surface area contributed by atoms with Gasteiger partial charge in [-0.2, -0.15) is 0 Å². The van der Waals surface area contributed by atoms with Gasteiger partial charge in [0.1, 0.15) is 5.52 Å². The van der Waals surface area contributed by atoms with Gasteiger partial charge in [0.15, 0.2) is 11.7 Å². The average Bonchev–Trinajstić information content (AvgIpc) is 3.31. The van der Waals surface area contributed by atoms with Crippen molar-refractivity contribution in [1.82, 2.24) is 4.98 Å². The van der Waals surface area contributed by atoms with Crippen LogP contribution in [-0.4, -0.2) is 36.0 Å². The molecule has 0 fully saturated rings. The number of methoxy groups -OCH3 is 1. The average molecular weight is 458 g/mol. The van der Waals surface area contributed by atoms with E-state index in [1.165, 1.54) is 13.2 Å².